The van der Waals surface area contributed by atoms with E-state index in [1.807, 2.05) is 0 Å². The van der Waals surface area contributed by atoms with E-state index in [9.17, 15) is 0 Å². The van der Waals surface area contributed by atoms with E-state index in [4.69, 9.17) is 8.83 Å². The molecular weight excluding hydrogens is 194 g/mol. The Morgan fingerprint density at radius 2 is 2.07 bits per heavy atom. The Kier molecular flexibility index (Phi) is 1.94. The number of hydrogen-bond donors (Lipinski definition) is 0. The number of furan rings is 1. The van der Waals surface area contributed by atoms with Crippen LogP contribution in [0.1, 0.15) is 12.8 Å². The third kappa shape index (κ3) is 1.49. The molecule has 5 heteroatoms. The molecular formula is C10H11N3O2. The SMILES string of the molecule is c1coc(-c2nnc(N3CCCC3)o2)c1. The quantitative estimate of drug-likeness (QED) is 0.749. The first-order chi connectivity index (χ1) is 7.43. The van der Waals surface area contributed by atoms with Crippen molar-refractivity contribution in [1.82, 2.24) is 10.2 Å². The van der Waals surface area contributed by atoms with Gasteiger partial charge in [-0.2, -0.15) is 0 Å². The first-order valence-corrected chi connectivity index (χ1v) is 5.06. The summed E-state index contributed by atoms with van der Waals surface area (Å²) in [6, 6.07) is 4.20. The van der Waals surface area contributed by atoms with Crippen LogP contribution in [0.3, 0.4) is 0 Å². The summed E-state index contributed by atoms with van der Waals surface area (Å²) >= 11 is 0. The lowest BCUT2D eigenvalue weighted by Gasteiger charge is -2.09. The number of hydrogen-bond acceptors (Lipinski definition) is 5. The minimum atomic E-state index is 0.446. The average molecular weight is 205 g/mol. The number of rotatable bonds is 2. The van der Waals surface area contributed by atoms with Crippen molar-refractivity contribution in [3.05, 3.63) is 18.4 Å². The van der Waals surface area contributed by atoms with Gasteiger partial charge in [-0.1, -0.05) is 5.10 Å². The van der Waals surface area contributed by atoms with Gasteiger partial charge in [0.15, 0.2) is 5.76 Å². The molecule has 0 unspecified atom stereocenters. The third-order valence-corrected chi connectivity index (χ3v) is 2.52. The Hall–Kier alpha value is -1.78. The highest BCUT2D eigenvalue weighted by molar-refractivity contribution is 5.44. The molecule has 0 N–H and O–H groups in total. The lowest BCUT2D eigenvalue weighted by atomic mass is 10.4. The molecule has 3 rings (SSSR count). The average Bonchev–Trinajstić information content (AvgIpc) is 3.02. The smallest absolute Gasteiger partial charge is 0.318 e. The van der Waals surface area contributed by atoms with Crippen molar-refractivity contribution in [2.45, 2.75) is 12.8 Å². The van der Waals surface area contributed by atoms with Gasteiger partial charge in [-0.05, 0) is 25.0 Å². The van der Waals surface area contributed by atoms with Crippen molar-refractivity contribution >= 4 is 6.01 Å². The van der Waals surface area contributed by atoms with Crippen LogP contribution in [-0.4, -0.2) is 23.3 Å². The van der Waals surface area contributed by atoms with E-state index in [-0.39, 0.29) is 0 Å². The molecule has 0 atom stereocenters. The van der Waals surface area contributed by atoms with E-state index < -0.39 is 0 Å². The van der Waals surface area contributed by atoms with Gasteiger partial charge in [0, 0.05) is 13.1 Å². The molecule has 78 valence electrons. The summed E-state index contributed by atoms with van der Waals surface area (Å²) in [7, 11) is 0. The van der Waals surface area contributed by atoms with Crippen LogP contribution in [-0.2, 0) is 0 Å². The summed E-state index contributed by atoms with van der Waals surface area (Å²) in [6.07, 6.45) is 3.98. The Bertz CT molecular complexity index is 429. The van der Waals surface area contributed by atoms with Crippen LogP contribution in [0.25, 0.3) is 11.7 Å². The number of nitrogens with zero attached hydrogens (tertiary/aromatic N) is 3. The highest BCUT2D eigenvalue weighted by Gasteiger charge is 2.19. The molecule has 0 aromatic carbocycles. The van der Waals surface area contributed by atoms with Crippen LogP contribution in [0, 0.1) is 0 Å². The van der Waals surface area contributed by atoms with Gasteiger partial charge in [-0.25, -0.2) is 0 Å². The Labute approximate surface area is 86.7 Å². The molecule has 5 nitrogen and oxygen atoms in total. The molecule has 0 radical (unpaired) electrons. The first kappa shape index (κ1) is 8.52. The van der Waals surface area contributed by atoms with Crippen molar-refractivity contribution in [2.75, 3.05) is 18.0 Å². The van der Waals surface area contributed by atoms with Crippen molar-refractivity contribution in [3.8, 4) is 11.7 Å². The molecule has 2 aromatic heterocycles. The molecule has 1 fully saturated rings. The van der Waals surface area contributed by atoms with Gasteiger partial charge in [0.1, 0.15) is 0 Å². The molecule has 3 heterocycles. The molecule has 15 heavy (non-hydrogen) atoms. The van der Waals surface area contributed by atoms with Gasteiger partial charge in [0.25, 0.3) is 5.89 Å². The fourth-order valence-electron chi connectivity index (χ4n) is 1.75. The zero-order chi connectivity index (χ0) is 10.1. The summed E-state index contributed by atoms with van der Waals surface area (Å²) < 4.78 is 10.7. The second-order valence-electron chi connectivity index (χ2n) is 3.56. The van der Waals surface area contributed by atoms with Crippen molar-refractivity contribution in [3.63, 3.8) is 0 Å². The molecule has 1 saturated heterocycles. The monoisotopic (exact) mass is 205 g/mol. The van der Waals surface area contributed by atoms with Crippen molar-refractivity contribution in [1.29, 1.82) is 0 Å². The van der Waals surface area contributed by atoms with Crippen LogP contribution in [0.15, 0.2) is 27.2 Å². The summed E-state index contributed by atoms with van der Waals surface area (Å²) in [6.45, 7) is 2.00. The maximum atomic E-state index is 5.52. The molecule has 0 saturated carbocycles. The van der Waals surface area contributed by atoms with Crippen LogP contribution in [0.4, 0.5) is 6.01 Å². The van der Waals surface area contributed by atoms with Crippen molar-refractivity contribution < 1.29 is 8.83 Å². The van der Waals surface area contributed by atoms with Crippen LogP contribution in [0.5, 0.6) is 0 Å². The van der Waals surface area contributed by atoms with Gasteiger partial charge in [0.2, 0.25) is 0 Å². The van der Waals surface area contributed by atoms with E-state index in [1.165, 1.54) is 12.8 Å². The van der Waals surface area contributed by atoms with E-state index in [2.05, 4.69) is 15.1 Å². The van der Waals surface area contributed by atoms with Gasteiger partial charge in [-0.3, -0.25) is 0 Å². The first-order valence-electron chi connectivity index (χ1n) is 5.06. The zero-order valence-electron chi connectivity index (χ0n) is 8.22. The van der Waals surface area contributed by atoms with Crippen LogP contribution in [0.2, 0.25) is 0 Å². The zero-order valence-corrected chi connectivity index (χ0v) is 8.22. The summed E-state index contributed by atoms with van der Waals surface area (Å²) in [5.41, 5.74) is 0. The fraction of sp³-hybridized carbons (Fsp3) is 0.400. The molecule has 2 aromatic rings. The summed E-state index contributed by atoms with van der Waals surface area (Å²) in [4.78, 5) is 2.10. The number of anilines is 1. The van der Waals surface area contributed by atoms with E-state index in [0.29, 0.717) is 17.7 Å². The highest BCUT2D eigenvalue weighted by Crippen LogP contribution is 2.24. The van der Waals surface area contributed by atoms with Gasteiger partial charge >= 0.3 is 6.01 Å². The summed E-state index contributed by atoms with van der Waals surface area (Å²) in [5, 5.41) is 7.95. The van der Waals surface area contributed by atoms with Crippen LogP contribution < -0.4 is 4.90 Å². The lowest BCUT2D eigenvalue weighted by molar-refractivity contribution is 0.512. The normalized spacial score (nSPS) is 16.1. The van der Waals surface area contributed by atoms with Gasteiger partial charge in [0.05, 0.1) is 6.26 Å². The van der Waals surface area contributed by atoms with Gasteiger partial charge < -0.3 is 13.7 Å². The topological polar surface area (TPSA) is 55.3 Å². The maximum Gasteiger partial charge on any atom is 0.318 e. The van der Waals surface area contributed by atoms with Crippen molar-refractivity contribution in [2.24, 2.45) is 0 Å². The lowest BCUT2D eigenvalue weighted by Crippen LogP contribution is -2.17. The highest BCUT2D eigenvalue weighted by atomic mass is 16.4. The molecule has 1 aliphatic rings. The maximum absolute atomic E-state index is 5.52. The number of aromatic nitrogens is 2. The van der Waals surface area contributed by atoms with E-state index in [1.54, 1.807) is 18.4 Å². The van der Waals surface area contributed by atoms with Gasteiger partial charge in [-0.15, -0.1) is 5.10 Å². The molecule has 1 aliphatic heterocycles. The minimum absolute atomic E-state index is 0.446. The fourth-order valence-corrected chi connectivity index (χ4v) is 1.75. The second-order valence-corrected chi connectivity index (χ2v) is 3.56. The Balaban J connectivity index is 1.87. The Morgan fingerprint density at radius 3 is 2.80 bits per heavy atom. The second kappa shape index (κ2) is 3.42. The molecule has 0 aliphatic carbocycles. The molecule has 0 spiro atoms. The minimum Gasteiger partial charge on any atom is -0.459 e. The van der Waals surface area contributed by atoms with Crippen LogP contribution >= 0.6 is 0 Å². The Morgan fingerprint density at radius 1 is 1.20 bits per heavy atom. The molecule has 0 amide bonds. The largest absolute Gasteiger partial charge is 0.459 e. The predicted molar refractivity (Wildman–Crippen MR) is 53.4 cm³/mol. The van der Waals surface area contributed by atoms with E-state index >= 15 is 0 Å². The predicted octanol–water partition coefficient (Wildman–Crippen LogP) is 1.93. The third-order valence-electron chi connectivity index (χ3n) is 2.52. The standard InChI is InChI=1S/C10H11N3O2/c1-2-6-13(5-1)10-12-11-9(15-10)8-4-3-7-14-8/h3-4,7H,1-2,5-6H2. The molecule has 0 bridgehead atoms. The van der Waals surface area contributed by atoms with E-state index in [0.717, 1.165) is 13.1 Å². The summed E-state index contributed by atoms with van der Waals surface area (Å²) in [5.74, 6) is 1.06.